The molecule has 2 heterocycles. The summed E-state index contributed by atoms with van der Waals surface area (Å²) in [6, 6.07) is 7.60. The van der Waals surface area contributed by atoms with Crippen molar-refractivity contribution in [3.63, 3.8) is 0 Å². The Morgan fingerprint density at radius 2 is 1.96 bits per heavy atom. The molecule has 0 atom stereocenters. The minimum Gasteiger partial charge on any atom is -0.347 e. The second kappa shape index (κ2) is 8.35. The van der Waals surface area contributed by atoms with E-state index in [9.17, 15) is 9.59 Å². The lowest BCUT2D eigenvalue weighted by molar-refractivity contribution is -0.898. The highest BCUT2D eigenvalue weighted by Gasteiger charge is 2.21. The number of amides is 2. The highest BCUT2D eigenvalue weighted by Crippen LogP contribution is 2.37. The van der Waals surface area contributed by atoms with Crippen LogP contribution in [0.15, 0.2) is 40.1 Å². The largest absolute Gasteiger partial charge is 0.347 e. The van der Waals surface area contributed by atoms with Gasteiger partial charge in [0.25, 0.3) is 5.91 Å². The smallest absolute Gasteiger partial charge is 0.262 e. The lowest BCUT2D eigenvalue weighted by atomic mass is 10.2. The number of carbonyl (C=O) groups excluding carboxylic acids is 2. The molecule has 0 unspecified atom stereocenters. The number of anilines is 1. The average molecular weight is 346 g/mol. The molecule has 0 radical (unpaired) electrons. The fourth-order valence-electron chi connectivity index (χ4n) is 3.11. The van der Waals surface area contributed by atoms with Gasteiger partial charge in [0.15, 0.2) is 0 Å². The number of rotatable bonds is 4. The van der Waals surface area contributed by atoms with Crippen LogP contribution in [0.25, 0.3) is 0 Å². The molecule has 6 heteroatoms. The summed E-state index contributed by atoms with van der Waals surface area (Å²) in [5.74, 6) is -0.409. The quantitative estimate of drug-likeness (QED) is 0.718. The van der Waals surface area contributed by atoms with E-state index in [0.29, 0.717) is 11.4 Å². The summed E-state index contributed by atoms with van der Waals surface area (Å²) in [5, 5.41) is 5.73. The van der Waals surface area contributed by atoms with Crippen molar-refractivity contribution in [1.82, 2.24) is 5.32 Å². The Labute approximate surface area is 146 Å². The molecule has 1 aromatic carbocycles. The van der Waals surface area contributed by atoms with Crippen molar-refractivity contribution in [3.05, 3.63) is 35.2 Å². The number of likely N-dealkylation sites (tertiary alicyclic amines) is 1. The predicted octanol–water partition coefficient (Wildman–Crippen LogP) is 1.19. The van der Waals surface area contributed by atoms with E-state index in [-0.39, 0.29) is 11.8 Å². The summed E-state index contributed by atoms with van der Waals surface area (Å²) in [7, 11) is 0. The highest BCUT2D eigenvalue weighted by molar-refractivity contribution is 8.04. The highest BCUT2D eigenvalue weighted by atomic mass is 32.2. The third kappa shape index (κ3) is 4.61. The van der Waals surface area contributed by atoms with Gasteiger partial charge in [-0.25, -0.2) is 0 Å². The first kappa shape index (κ1) is 17.0. The number of para-hydroxylation sites is 1. The van der Waals surface area contributed by atoms with E-state index in [1.54, 1.807) is 4.90 Å². The molecule has 5 nitrogen and oxygen atoms in total. The number of fused-ring (bicyclic) bond motifs is 1. The minimum atomic E-state index is -0.216. The maximum Gasteiger partial charge on any atom is 0.262 e. The summed E-state index contributed by atoms with van der Waals surface area (Å²) in [4.78, 5) is 27.1. The third-order valence-corrected chi connectivity index (χ3v) is 5.53. The van der Waals surface area contributed by atoms with Gasteiger partial charge in [0.2, 0.25) is 5.91 Å². The van der Waals surface area contributed by atoms with Gasteiger partial charge in [-0.1, -0.05) is 23.9 Å². The fraction of sp³-hybridized carbons (Fsp3) is 0.444. The van der Waals surface area contributed by atoms with E-state index in [1.165, 1.54) is 56.6 Å². The molecule has 2 amide bonds. The van der Waals surface area contributed by atoms with E-state index in [4.69, 9.17) is 0 Å². The van der Waals surface area contributed by atoms with Gasteiger partial charge in [-0.15, -0.1) is 0 Å². The van der Waals surface area contributed by atoms with Gasteiger partial charge in [-0.05, 0) is 37.8 Å². The van der Waals surface area contributed by atoms with E-state index in [1.807, 2.05) is 24.3 Å². The lowest BCUT2D eigenvalue weighted by Crippen LogP contribution is -3.12. The van der Waals surface area contributed by atoms with Crippen LogP contribution in [-0.2, 0) is 9.59 Å². The van der Waals surface area contributed by atoms with E-state index in [2.05, 4.69) is 10.6 Å². The van der Waals surface area contributed by atoms with Gasteiger partial charge in [-0.2, -0.15) is 0 Å². The van der Waals surface area contributed by atoms with Crippen LogP contribution in [-0.4, -0.2) is 38.0 Å². The van der Waals surface area contributed by atoms with Crippen molar-refractivity contribution in [2.24, 2.45) is 0 Å². The summed E-state index contributed by atoms with van der Waals surface area (Å²) in [5.41, 5.74) is 0.801. The molecular formula is C18H24N3O2S+. The van der Waals surface area contributed by atoms with Crippen LogP contribution in [0.3, 0.4) is 0 Å². The van der Waals surface area contributed by atoms with Gasteiger partial charge in [-0.3, -0.25) is 9.59 Å². The number of quaternary nitrogens is 1. The lowest BCUT2D eigenvalue weighted by Gasteiger charge is -2.18. The van der Waals surface area contributed by atoms with Crippen molar-refractivity contribution >= 4 is 29.3 Å². The van der Waals surface area contributed by atoms with Crippen molar-refractivity contribution in [2.45, 2.75) is 30.6 Å². The molecule has 1 saturated heterocycles. The molecule has 3 N–H and O–H groups in total. The predicted molar refractivity (Wildman–Crippen MR) is 96.1 cm³/mol. The van der Waals surface area contributed by atoms with Crippen LogP contribution in [0.2, 0.25) is 0 Å². The van der Waals surface area contributed by atoms with Gasteiger partial charge in [0.1, 0.15) is 0 Å². The molecule has 1 aromatic rings. The number of benzene rings is 1. The van der Waals surface area contributed by atoms with Crippen LogP contribution in [0, 0.1) is 0 Å². The van der Waals surface area contributed by atoms with Crippen molar-refractivity contribution in [2.75, 3.05) is 31.5 Å². The second-order valence-electron chi connectivity index (χ2n) is 6.27. The number of nitrogens with one attached hydrogen (secondary N) is 3. The second-order valence-corrected chi connectivity index (χ2v) is 7.35. The molecule has 24 heavy (non-hydrogen) atoms. The Morgan fingerprint density at radius 3 is 2.75 bits per heavy atom. The van der Waals surface area contributed by atoms with Crippen LogP contribution in [0.4, 0.5) is 5.69 Å². The van der Waals surface area contributed by atoms with Crippen molar-refractivity contribution < 1.29 is 14.5 Å². The molecule has 0 bridgehead atoms. The first-order chi connectivity index (χ1) is 11.7. The summed E-state index contributed by atoms with van der Waals surface area (Å²) in [6.07, 6.45) is 6.63. The molecule has 0 aliphatic carbocycles. The molecule has 0 saturated carbocycles. The topological polar surface area (TPSA) is 62.6 Å². The monoisotopic (exact) mass is 346 g/mol. The Balaban J connectivity index is 1.50. The van der Waals surface area contributed by atoms with Crippen LogP contribution >= 0.6 is 11.8 Å². The summed E-state index contributed by atoms with van der Waals surface area (Å²) >= 11 is 1.34. The Morgan fingerprint density at radius 1 is 1.21 bits per heavy atom. The summed E-state index contributed by atoms with van der Waals surface area (Å²) < 4.78 is 0. The van der Waals surface area contributed by atoms with E-state index in [0.717, 1.165) is 17.1 Å². The summed E-state index contributed by atoms with van der Waals surface area (Å²) in [6.45, 7) is 4.01. The zero-order valence-electron chi connectivity index (χ0n) is 13.8. The molecule has 128 valence electrons. The van der Waals surface area contributed by atoms with Gasteiger partial charge >= 0.3 is 0 Å². The van der Waals surface area contributed by atoms with Crippen molar-refractivity contribution in [1.29, 1.82) is 0 Å². The minimum absolute atomic E-state index is 0.193. The molecule has 2 aliphatic heterocycles. The standard InChI is InChI=1S/C18H23N3O2S/c22-17(19-9-12-21-10-5-1-2-6-11-21)13-16-18(23)20-14-7-3-4-8-15(14)24-16/h3-4,7-8,13H,1-2,5-6,9-12H2,(H,19,22)(H,20,23)/p+1. The van der Waals surface area contributed by atoms with Crippen LogP contribution in [0.5, 0.6) is 0 Å². The van der Waals surface area contributed by atoms with Gasteiger partial charge < -0.3 is 15.5 Å². The number of thioether (sulfide) groups is 1. The Kier molecular flexibility index (Phi) is 5.93. The van der Waals surface area contributed by atoms with Crippen LogP contribution < -0.4 is 15.5 Å². The van der Waals surface area contributed by atoms with E-state index >= 15 is 0 Å². The number of hydrogen-bond donors (Lipinski definition) is 3. The van der Waals surface area contributed by atoms with Crippen LogP contribution in [0.1, 0.15) is 25.7 Å². The fourth-order valence-corrected chi connectivity index (χ4v) is 4.04. The first-order valence-corrected chi connectivity index (χ1v) is 9.45. The third-order valence-electron chi connectivity index (χ3n) is 4.43. The Bertz CT molecular complexity index is 637. The Hall–Kier alpha value is -1.79. The van der Waals surface area contributed by atoms with Crippen molar-refractivity contribution in [3.8, 4) is 0 Å². The molecule has 1 fully saturated rings. The first-order valence-electron chi connectivity index (χ1n) is 8.64. The average Bonchev–Trinajstić information content (AvgIpc) is 2.84. The maximum atomic E-state index is 12.1. The molecule has 3 rings (SSSR count). The number of hydrogen-bond acceptors (Lipinski definition) is 3. The van der Waals surface area contributed by atoms with E-state index < -0.39 is 0 Å². The maximum absolute atomic E-state index is 12.1. The number of carbonyl (C=O) groups is 2. The van der Waals surface area contributed by atoms with Gasteiger partial charge in [0, 0.05) is 11.0 Å². The molecule has 2 aliphatic rings. The molecular weight excluding hydrogens is 322 g/mol. The normalized spacial score (nSPS) is 20.2. The van der Waals surface area contributed by atoms with Gasteiger partial charge in [0.05, 0.1) is 36.8 Å². The SMILES string of the molecule is O=C(C=C1Sc2ccccc2NC1=O)NCC[NH+]1CCCCCC1. The zero-order valence-corrected chi connectivity index (χ0v) is 14.6. The molecule has 0 spiro atoms. The zero-order chi connectivity index (χ0) is 16.8. The molecule has 0 aromatic heterocycles.